The van der Waals surface area contributed by atoms with Crippen LogP contribution in [0.5, 0.6) is 0 Å². The quantitative estimate of drug-likeness (QED) is 0.631. The van der Waals surface area contributed by atoms with Gasteiger partial charge < -0.3 is 10.6 Å². The van der Waals surface area contributed by atoms with Gasteiger partial charge in [0.15, 0.2) is 0 Å². The molecule has 1 saturated heterocycles. The molecule has 0 spiro atoms. The number of carbonyl (C=O) groups is 1. The average Bonchev–Trinajstić information content (AvgIpc) is 3.24. The van der Waals surface area contributed by atoms with Crippen LogP contribution >= 0.6 is 35.6 Å². The van der Waals surface area contributed by atoms with Crippen LogP contribution in [0.15, 0.2) is 36.4 Å². The second-order valence-electron chi connectivity index (χ2n) is 8.18. The molecule has 2 aromatic rings. The summed E-state index contributed by atoms with van der Waals surface area (Å²) in [5.41, 5.74) is 10.2. The number of nitrogens with zero attached hydrogens (tertiary/aromatic N) is 2. The molecule has 7 heteroatoms. The number of nitrogen functional groups attached to an aromatic ring is 1. The van der Waals surface area contributed by atoms with Gasteiger partial charge in [-0.15, -0.1) is 12.4 Å². The molecule has 1 aliphatic heterocycles. The molecular weight excluding hydrogens is 441 g/mol. The normalized spacial score (nSPS) is 21.0. The summed E-state index contributed by atoms with van der Waals surface area (Å²) in [5, 5.41) is 0.979. The molecule has 0 aromatic heterocycles. The molecule has 1 aliphatic carbocycles. The predicted molar refractivity (Wildman–Crippen MR) is 127 cm³/mol. The van der Waals surface area contributed by atoms with Crippen molar-refractivity contribution in [3.63, 3.8) is 0 Å². The number of rotatable bonds is 4. The number of aryl methyl sites for hydroxylation is 1. The number of hydrogen-bond acceptors (Lipinski definition) is 3. The first-order valence-electron chi connectivity index (χ1n) is 10.3. The Labute approximate surface area is 194 Å². The summed E-state index contributed by atoms with van der Waals surface area (Å²) in [6, 6.07) is 11.9. The van der Waals surface area contributed by atoms with Gasteiger partial charge in [-0.2, -0.15) is 0 Å². The number of carbonyl (C=O) groups excluding carboxylic acids is 1. The molecule has 4 rings (SSSR count). The zero-order chi connectivity index (χ0) is 20.5. The van der Waals surface area contributed by atoms with Crippen molar-refractivity contribution in [2.24, 2.45) is 0 Å². The number of halogens is 3. The second-order valence-corrected chi connectivity index (χ2v) is 9.00. The Morgan fingerprint density at radius 3 is 2.57 bits per heavy atom. The number of amides is 1. The Hall–Kier alpha value is -1.46. The van der Waals surface area contributed by atoms with Crippen LogP contribution in [0.1, 0.15) is 42.0 Å². The van der Waals surface area contributed by atoms with Gasteiger partial charge in [-0.1, -0.05) is 35.3 Å². The molecule has 1 amide bonds. The fourth-order valence-electron chi connectivity index (χ4n) is 4.81. The Balaban J connectivity index is 0.00000256. The number of anilines is 1. The van der Waals surface area contributed by atoms with E-state index in [4.69, 9.17) is 28.9 Å². The molecule has 4 nitrogen and oxygen atoms in total. The second kappa shape index (κ2) is 9.78. The largest absolute Gasteiger partial charge is 0.399 e. The molecule has 2 aliphatic rings. The lowest BCUT2D eigenvalue weighted by Crippen LogP contribution is -2.48. The van der Waals surface area contributed by atoms with Gasteiger partial charge in [-0.3, -0.25) is 9.69 Å². The van der Waals surface area contributed by atoms with Crippen LogP contribution in [0.4, 0.5) is 5.69 Å². The van der Waals surface area contributed by atoms with E-state index in [0.717, 1.165) is 37.2 Å². The van der Waals surface area contributed by atoms with Crippen LogP contribution in [-0.4, -0.2) is 41.9 Å². The summed E-state index contributed by atoms with van der Waals surface area (Å²) < 4.78 is 0. The lowest BCUT2D eigenvalue weighted by atomic mass is 9.82. The SMILES string of the molecule is CN(C(=O)Cc1ccc(Cl)c(Cl)c1)[C@H]1c2cc(N)ccc2CC[C@@H]1N1CCCC1.Cl. The van der Waals surface area contributed by atoms with Gasteiger partial charge in [-0.25, -0.2) is 0 Å². The van der Waals surface area contributed by atoms with E-state index in [1.807, 2.05) is 24.1 Å². The number of benzene rings is 2. The minimum Gasteiger partial charge on any atom is -0.399 e. The van der Waals surface area contributed by atoms with Crippen molar-refractivity contribution in [2.45, 2.75) is 44.2 Å². The molecule has 30 heavy (non-hydrogen) atoms. The summed E-state index contributed by atoms with van der Waals surface area (Å²) in [6.07, 6.45) is 4.85. The average molecular weight is 469 g/mol. The van der Waals surface area contributed by atoms with Crippen molar-refractivity contribution in [3.05, 3.63) is 63.1 Å². The fourth-order valence-corrected chi connectivity index (χ4v) is 5.13. The highest BCUT2D eigenvalue weighted by atomic mass is 35.5. The van der Waals surface area contributed by atoms with Crippen molar-refractivity contribution in [1.82, 2.24) is 9.80 Å². The Bertz CT molecular complexity index is 915. The van der Waals surface area contributed by atoms with Crippen molar-refractivity contribution < 1.29 is 4.79 Å². The molecule has 0 bridgehead atoms. The van der Waals surface area contributed by atoms with E-state index < -0.39 is 0 Å². The predicted octanol–water partition coefficient (Wildman–Crippen LogP) is 5.15. The Morgan fingerprint density at radius 2 is 1.87 bits per heavy atom. The van der Waals surface area contributed by atoms with Gasteiger partial charge in [-0.05, 0) is 79.7 Å². The molecule has 162 valence electrons. The lowest BCUT2D eigenvalue weighted by molar-refractivity contribution is -0.133. The maximum Gasteiger partial charge on any atom is 0.227 e. The van der Waals surface area contributed by atoms with E-state index in [0.29, 0.717) is 22.5 Å². The first-order valence-corrected chi connectivity index (χ1v) is 11.0. The zero-order valence-corrected chi connectivity index (χ0v) is 19.4. The molecular formula is C23H28Cl3N3O. The third-order valence-electron chi connectivity index (χ3n) is 6.32. The van der Waals surface area contributed by atoms with E-state index in [-0.39, 0.29) is 24.4 Å². The summed E-state index contributed by atoms with van der Waals surface area (Å²) in [6.45, 7) is 2.21. The minimum absolute atomic E-state index is 0. The first-order chi connectivity index (χ1) is 13.9. The maximum atomic E-state index is 13.3. The minimum atomic E-state index is 0. The van der Waals surface area contributed by atoms with Crippen molar-refractivity contribution in [3.8, 4) is 0 Å². The number of hydrogen-bond donors (Lipinski definition) is 1. The van der Waals surface area contributed by atoms with Gasteiger partial charge in [0.2, 0.25) is 5.91 Å². The van der Waals surface area contributed by atoms with Crippen molar-refractivity contribution in [1.29, 1.82) is 0 Å². The van der Waals surface area contributed by atoms with Crippen LogP contribution in [0.25, 0.3) is 0 Å². The van der Waals surface area contributed by atoms with Gasteiger partial charge in [0, 0.05) is 18.8 Å². The molecule has 2 atom stereocenters. The van der Waals surface area contributed by atoms with Crippen LogP contribution in [0.3, 0.4) is 0 Å². The molecule has 1 heterocycles. The number of fused-ring (bicyclic) bond motifs is 1. The molecule has 0 unspecified atom stereocenters. The third kappa shape index (κ3) is 4.72. The standard InChI is InChI=1S/C23H27Cl2N3O.ClH/c1-27(22(29)13-15-4-8-19(24)20(25)12-15)23-18-14-17(26)7-5-16(18)6-9-21(23)28-10-2-3-11-28;/h4-5,7-8,12,14,21,23H,2-3,6,9-11,13,26H2,1H3;1H/t21-,23-;/m0./s1. The Morgan fingerprint density at radius 1 is 1.13 bits per heavy atom. The fraction of sp³-hybridized carbons (Fsp3) is 0.435. The van der Waals surface area contributed by atoms with Crippen LogP contribution < -0.4 is 5.73 Å². The Kier molecular flexibility index (Phi) is 7.56. The highest BCUT2D eigenvalue weighted by molar-refractivity contribution is 6.42. The molecule has 0 saturated carbocycles. The van der Waals surface area contributed by atoms with Crippen LogP contribution in [0, 0.1) is 0 Å². The topological polar surface area (TPSA) is 49.6 Å². The summed E-state index contributed by atoms with van der Waals surface area (Å²) in [7, 11) is 1.92. The van der Waals surface area contributed by atoms with Crippen molar-refractivity contribution >= 4 is 47.2 Å². The molecule has 2 N–H and O–H groups in total. The smallest absolute Gasteiger partial charge is 0.227 e. The molecule has 0 radical (unpaired) electrons. The summed E-state index contributed by atoms with van der Waals surface area (Å²) in [5.74, 6) is 0.0767. The highest BCUT2D eigenvalue weighted by Gasteiger charge is 2.38. The lowest BCUT2D eigenvalue weighted by Gasteiger charge is -2.43. The van der Waals surface area contributed by atoms with Gasteiger partial charge in [0.25, 0.3) is 0 Å². The number of likely N-dealkylation sites (N-methyl/N-ethyl adjacent to an activating group) is 1. The monoisotopic (exact) mass is 467 g/mol. The maximum absolute atomic E-state index is 13.3. The van der Waals surface area contributed by atoms with Gasteiger partial charge >= 0.3 is 0 Å². The van der Waals surface area contributed by atoms with E-state index in [2.05, 4.69) is 17.0 Å². The zero-order valence-electron chi connectivity index (χ0n) is 17.1. The van der Waals surface area contributed by atoms with E-state index in [1.54, 1.807) is 12.1 Å². The molecule has 1 fully saturated rings. The van der Waals surface area contributed by atoms with E-state index >= 15 is 0 Å². The number of likely N-dealkylation sites (tertiary alicyclic amines) is 1. The highest BCUT2D eigenvalue weighted by Crippen LogP contribution is 2.39. The van der Waals surface area contributed by atoms with Crippen LogP contribution in [0.2, 0.25) is 10.0 Å². The molecule has 2 aromatic carbocycles. The number of nitrogens with two attached hydrogens (primary N) is 1. The van der Waals surface area contributed by atoms with Crippen molar-refractivity contribution in [2.75, 3.05) is 25.9 Å². The van der Waals surface area contributed by atoms with E-state index in [9.17, 15) is 4.79 Å². The first kappa shape index (κ1) is 23.2. The van der Waals surface area contributed by atoms with E-state index in [1.165, 1.54) is 24.0 Å². The third-order valence-corrected chi connectivity index (χ3v) is 7.06. The summed E-state index contributed by atoms with van der Waals surface area (Å²) in [4.78, 5) is 17.7. The van der Waals surface area contributed by atoms with Gasteiger partial charge in [0.05, 0.1) is 22.5 Å². The van der Waals surface area contributed by atoms with Gasteiger partial charge in [0.1, 0.15) is 0 Å². The van der Waals surface area contributed by atoms with Crippen LogP contribution in [-0.2, 0) is 17.6 Å². The summed E-state index contributed by atoms with van der Waals surface area (Å²) >= 11 is 12.2.